The second kappa shape index (κ2) is 8.42. The molecule has 2 fully saturated rings. The monoisotopic (exact) mass is 391 g/mol. The molecule has 4 rings (SSSR count). The quantitative estimate of drug-likeness (QED) is 0.775. The average molecular weight is 392 g/mol. The lowest BCUT2D eigenvalue weighted by molar-refractivity contribution is -0.150. The summed E-state index contributed by atoms with van der Waals surface area (Å²) in [6, 6.07) is 17.7. The summed E-state index contributed by atoms with van der Waals surface area (Å²) >= 11 is 0. The van der Waals surface area contributed by atoms with Crippen LogP contribution < -0.4 is 4.74 Å². The number of hydrogen-bond acceptors (Lipinski definition) is 3. The third-order valence-corrected chi connectivity index (χ3v) is 6.53. The van der Waals surface area contributed by atoms with Crippen LogP contribution in [0.15, 0.2) is 60.7 Å². The minimum atomic E-state index is -0.678. The molecule has 3 unspecified atom stereocenters. The number of amides is 1. The maximum absolute atomic E-state index is 13.2. The summed E-state index contributed by atoms with van der Waals surface area (Å²) < 4.78 is 5.30. The molecule has 1 saturated heterocycles. The Balaban J connectivity index is 1.65. The average Bonchev–Trinajstić information content (AvgIpc) is 2.77. The number of fused-ring (bicyclic) bond motifs is 1. The van der Waals surface area contributed by atoms with Crippen molar-refractivity contribution in [3.8, 4) is 5.75 Å². The van der Waals surface area contributed by atoms with E-state index in [1.807, 2.05) is 65.6 Å². The molecular weight excluding hydrogens is 362 g/mol. The highest BCUT2D eigenvalue weighted by Gasteiger charge is 2.49. The Labute approximate surface area is 172 Å². The van der Waals surface area contributed by atoms with Crippen LogP contribution in [0.2, 0.25) is 0 Å². The van der Waals surface area contributed by atoms with E-state index >= 15 is 0 Å². The molecule has 1 aliphatic heterocycles. The van der Waals surface area contributed by atoms with Crippen molar-refractivity contribution < 1.29 is 14.6 Å². The number of methoxy groups -OCH3 is 1. The summed E-state index contributed by atoms with van der Waals surface area (Å²) in [6.07, 6.45) is 8.11. The van der Waals surface area contributed by atoms with Crippen LogP contribution in [-0.2, 0) is 4.79 Å². The zero-order valence-electron chi connectivity index (χ0n) is 17.0. The lowest BCUT2D eigenvalue weighted by Crippen LogP contribution is -2.56. The molecule has 1 heterocycles. The molecule has 2 aromatic rings. The van der Waals surface area contributed by atoms with Gasteiger partial charge < -0.3 is 14.7 Å². The summed E-state index contributed by atoms with van der Waals surface area (Å²) in [5.74, 6) is 0.861. The first kappa shape index (κ1) is 19.7. The molecule has 1 aliphatic carbocycles. The molecule has 0 bridgehead atoms. The molecule has 2 aliphatic rings. The van der Waals surface area contributed by atoms with Gasteiger partial charge in [-0.15, -0.1) is 0 Å². The van der Waals surface area contributed by atoms with Gasteiger partial charge in [0.05, 0.1) is 18.8 Å². The first-order chi connectivity index (χ1) is 14.1. The first-order valence-corrected chi connectivity index (χ1v) is 10.5. The molecule has 152 valence electrons. The van der Waals surface area contributed by atoms with Crippen molar-refractivity contribution in [3.05, 3.63) is 71.8 Å². The van der Waals surface area contributed by atoms with Crippen LogP contribution in [-0.4, -0.2) is 35.2 Å². The standard InChI is InChI=1S/C25H29NO3/c1-29-21-13-11-20(12-14-21)24-22-9-5-6-16-25(22,28)17-18-26(24)23(27)15-10-19-7-3-2-4-8-19/h2-4,7-8,10-15,22,24,28H,5-6,9,16-18H2,1H3. The minimum absolute atomic E-state index is 0.00212. The van der Waals surface area contributed by atoms with Crippen molar-refractivity contribution in [2.75, 3.05) is 13.7 Å². The zero-order valence-corrected chi connectivity index (χ0v) is 17.0. The highest BCUT2D eigenvalue weighted by atomic mass is 16.5. The summed E-state index contributed by atoms with van der Waals surface area (Å²) in [5, 5.41) is 11.4. The predicted molar refractivity (Wildman–Crippen MR) is 114 cm³/mol. The van der Waals surface area contributed by atoms with Gasteiger partial charge >= 0.3 is 0 Å². The first-order valence-electron chi connectivity index (χ1n) is 10.5. The van der Waals surface area contributed by atoms with Gasteiger partial charge in [-0.1, -0.05) is 55.3 Å². The molecule has 0 spiro atoms. The van der Waals surface area contributed by atoms with Gasteiger partial charge in [-0.2, -0.15) is 0 Å². The molecule has 0 radical (unpaired) electrons. The van der Waals surface area contributed by atoms with Gasteiger partial charge in [-0.3, -0.25) is 4.79 Å². The Morgan fingerprint density at radius 2 is 1.86 bits per heavy atom. The second-order valence-corrected chi connectivity index (χ2v) is 8.20. The fourth-order valence-corrected chi connectivity index (χ4v) is 4.97. The third-order valence-electron chi connectivity index (χ3n) is 6.53. The van der Waals surface area contributed by atoms with E-state index in [0.717, 1.165) is 42.6 Å². The van der Waals surface area contributed by atoms with Crippen LogP contribution in [0.1, 0.15) is 49.3 Å². The number of piperidine rings is 1. The van der Waals surface area contributed by atoms with E-state index < -0.39 is 5.60 Å². The van der Waals surface area contributed by atoms with Gasteiger partial charge in [-0.05, 0) is 48.6 Å². The SMILES string of the molecule is COc1ccc(C2C3CCCCC3(O)CCN2C(=O)C=Cc2ccccc2)cc1. The Hall–Kier alpha value is -2.59. The maximum Gasteiger partial charge on any atom is 0.247 e. The number of ether oxygens (including phenoxy) is 1. The maximum atomic E-state index is 13.2. The van der Waals surface area contributed by atoms with Crippen molar-refractivity contribution in [3.63, 3.8) is 0 Å². The Morgan fingerprint density at radius 1 is 1.10 bits per heavy atom. The van der Waals surface area contributed by atoms with Gasteiger partial charge in [0.2, 0.25) is 5.91 Å². The molecule has 1 N–H and O–H groups in total. The van der Waals surface area contributed by atoms with Crippen molar-refractivity contribution in [2.24, 2.45) is 5.92 Å². The van der Waals surface area contributed by atoms with Gasteiger partial charge in [0.15, 0.2) is 0 Å². The van der Waals surface area contributed by atoms with E-state index in [4.69, 9.17) is 4.74 Å². The Kier molecular flexibility index (Phi) is 5.72. The number of hydrogen-bond donors (Lipinski definition) is 1. The number of likely N-dealkylation sites (tertiary alicyclic amines) is 1. The van der Waals surface area contributed by atoms with Gasteiger partial charge in [0.25, 0.3) is 0 Å². The molecule has 2 aromatic carbocycles. The summed E-state index contributed by atoms with van der Waals surface area (Å²) in [4.78, 5) is 15.1. The second-order valence-electron chi connectivity index (χ2n) is 8.20. The van der Waals surface area contributed by atoms with Crippen molar-refractivity contribution >= 4 is 12.0 Å². The molecule has 1 saturated carbocycles. The number of aliphatic hydroxyl groups is 1. The predicted octanol–water partition coefficient (Wildman–Crippen LogP) is 4.60. The molecule has 3 atom stereocenters. The Morgan fingerprint density at radius 3 is 2.59 bits per heavy atom. The van der Waals surface area contributed by atoms with Crippen LogP contribution in [0.4, 0.5) is 0 Å². The summed E-state index contributed by atoms with van der Waals surface area (Å²) in [7, 11) is 1.65. The number of rotatable bonds is 4. The van der Waals surface area contributed by atoms with E-state index in [2.05, 4.69) is 0 Å². The van der Waals surface area contributed by atoms with Crippen LogP contribution in [0.3, 0.4) is 0 Å². The minimum Gasteiger partial charge on any atom is -0.497 e. The summed E-state index contributed by atoms with van der Waals surface area (Å²) in [6.45, 7) is 0.571. The number of nitrogens with zero attached hydrogens (tertiary/aromatic N) is 1. The molecule has 4 nitrogen and oxygen atoms in total. The van der Waals surface area contributed by atoms with Crippen LogP contribution in [0.5, 0.6) is 5.75 Å². The number of benzene rings is 2. The normalized spacial score (nSPS) is 26.9. The van der Waals surface area contributed by atoms with E-state index in [-0.39, 0.29) is 17.9 Å². The molecular formula is C25H29NO3. The molecule has 4 heteroatoms. The largest absolute Gasteiger partial charge is 0.497 e. The van der Waals surface area contributed by atoms with Gasteiger partial charge in [-0.25, -0.2) is 0 Å². The fraction of sp³-hybridized carbons (Fsp3) is 0.400. The Bertz CT molecular complexity index is 861. The highest BCUT2D eigenvalue weighted by Crippen LogP contribution is 2.49. The third kappa shape index (κ3) is 4.08. The lowest BCUT2D eigenvalue weighted by Gasteiger charge is -2.52. The van der Waals surface area contributed by atoms with Crippen molar-refractivity contribution in [1.29, 1.82) is 0 Å². The summed E-state index contributed by atoms with van der Waals surface area (Å²) in [5.41, 5.74) is 1.40. The molecule has 1 amide bonds. The highest BCUT2D eigenvalue weighted by molar-refractivity contribution is 5.92. The van der Waals surface area contributed by atoms with E-state index in [9.17, 15) is 9.90 Å². The van der Waals surface area contributed by atoms with Crippen molar-refractivity contribution in [1.82, 2.24) is 4.90 Å². The van der Waals surface area contributed by atoms with Gasteiger partial charge in [0.1, 0.15) is 5.75 Å². The molecule has 0 aromatic heterocycles. The van der Waals surface area contributed by atoms with E-state index in [0.29, 0.717) is 13.0 Å². The zero-order chi connectivity index (χ0) is 20.3. The lowest BCUT2D eigenvalue weighted by atomic mass is 9.66. The number of carbonyl (C=O) groups is 1. The fourth-order valence-electron chi connectivity index (χ4n) is 4.97. The van der Waals surface area contributed by atoms with Crippen molar-refractivity contribution in [2.45, 2.75) is 43.7 Å². The van der Waals surface area contributed by atoms with E-state index in [1.54, 1.807) is 13.2 Å². The van der Waals surface area contributed by atoms with Crippen LogP contribution in [0.25, 0.3) is 6.08 Å². The van der Waals surface area contributed by atoms with Crippen LogP contribution in [0, 0.1) is 5.92 Å². The number of carbonyl (C=O) groups excluding carboxylic acids is 1. The topological polar surface area (TPSA) is 49.8 Å². The molecule has 29 heavy (non-hydrogen) atoms. The smallest absolute Gasteiger partial charge is 0.247 e. The van der Waals surface area contributed by atoms with E-state index in [1.165, 1.54) is 0 Å². The van der Waals surface area contributed by atoms with Crippen LogP contribution >= 0.6 is 0 Å². The van der Waals surface area contributed by atoms with Gasteiger partial charge in [0, 0.05) is 18.5 Å².